The van der Waals surface area contributed by atoms with Crippen molar-refractivity contribution in [3.05, 3.63) is 23.5 Å². The van der Waals surface area contributed by atoms with Crippen molar-refractivity contribution in [1.29, 1.82) is 0 Å². The lowest BCUT2D eigenvalue weighted by atomic mass is 10.2. The van der Waals surface area contributed by atoms with Gasteiger partial charge in [0, 0.05) is 12.0 Å². The summed E-state index contributed by atoms with van der Waals surface area (Å²) in [7, 11) is 1.53. The van der Waals surface area contributed by atoms with E-state index < -0.39 is 5.97 Å². The Hall–Kier alpha value is -1.25. The van der Waals surface area contributed by atoms with Crippen molar-refractivity contribution in [3.63, 3.8) is 0 Å². The molecule has 0 unspecified atom stereocenters. The second-order valence-electron chi connectivity index (χ2n) is 2.01. The summed E-state index contributed by atoms with van der Waals surface area (Å²) in [5.41, 5.74) is 0.386. The van der Waals surface area contributed by atoms with Crippen LogP contribution < -0.4 is 0 Å². The molecule has 0 saturated carbocycles. The van der Waals surface area contributed by atoms with Crippen molar-refractivity contribution in [2.45, 2.75) is 6.42 Å². The summed E-state index contributed by atoms with van der Waals surface area (Å²) in [6, 6.07) is 0. The first-order chi connectivity index (χ1) is 4.74. The molecule has 0 aromatic carbocycles. The first-order valence-corrected chi connectivity index (χ1v) is 2.91. The summed E-state index contributed by atoms with van der Waals surface area (Å²) < 4.78 is 4.84. The van der Waals surface area contributed by atoms with Gasteiger partial charge >= 0.3 is 5.97 Å². The zero-order valence-corrected chi connectivity index (χ0v) is 5.63. The molecule has 0 aliphatic heterocycles. The minimum Gasteiger partial charge on any atom is -0.501 e. The predicted octanol–water partition coefficient (Wildman–Crippen LogP) is 0.931. The van der Waals surface area contributed by atoms with Crippen LogP contribution in [-0.2, 0) is 9.53 Å². The van der Waals surface area contributed by atoms with E-state index in [4.69, 9.17) is 9.84 Å². The van der Waals surface area contributed by atoms with Crippen LogP contribution in [0.5, 0.6) is 0 Å². The molecule has 0 amide bonds. The Morgan fingerprint density at radius 3 is 2.70 bits per heavy atom. The van der Waals surface area contributed by atoms with Crippen LogP contribution in [0.4, 0.5) is 0 Å². The quantitative estimate of drug-likeness (QED) is 0.620. The van der Waals surface area contributed by atoms with Gasteiger partial charge in [-0.05, 0) is 12.2 Å². The van der Waals surface area contributed by atoms with Crippen molar-refractivity contribution >= 4 is 5.97 Å². The van der Waals surface area contributed by atoms with E-state index in [0.717, 1.165) is 0 Å². The van der Waals surface area contributed by atoms with Gasteiger partial charge in [0.1, 0.15) is 5.76 Å². The van der Waals surface area contributed by atoms with Gasteiger partial charge in [0.2, 0.25) is 0 Å². The number of ether oxygens (including phenoxy) is 1. The SMILES string of the molecule is COC1=CC=C(C(=O)O)C1. The van der Waals surface area contributed by atoms with Gasteiger partial charge in [-0.15, -0.1) is 0 Å². The fraction of sp³-hybridized carbons (Fsp3) is 0.286. The largest absolute Gasteiger partial charge is 0.501 e. The van der Waals surface area contributed by atoms with Crippen LogP contribution in [0.3, 0.4) is 0 Å². The van der Waals surface area contributed by atoms with Gasteiger partial charge in [-0.25, -0.2) is 4.79 Å². The summed E-state index contributed by atoms with van der Waals surface area (Å²) in [5.74, 6) is -0.166. The van der Waals surface area contributed by atoms with Gasteiger partial charge in [-0.3, -0.25) is 0 Å². The van der Waals surface area contributed by atoms with E-state index in [9.17, 15) is 4.79 Å². The molecule has 0 spiro atoms. The number of rotatable bonds is 2. The minimum atomic E-state index is -0.872. The lowest BCUT2D eigenvalue weighted by molar-refractivity contribution is -0.132. The number of hydrogen-bond acceptors (Lipinski definition) is 2. The second kappa shape index (κ2) is 2.56. The fourth-order valence-electron chi connectivity index (χ4n) is 0.786. The van der Waals surface area contributed by atoms with Crippen molar-refractivity contribution in [3.8, 4) is 0 Å². The van der Waals surface area contributed by atoms with Crippen LogP contribution in [0.2, 0.25) is 0 Å². The van der Waals surface area contributed by atoms with Gasteiger partial charge in [-0.1, -0.05) is 0 Å². The molecule has 1 N–H and O–H groups in total. The maximum atomic E-state index is 10.3. The number of allylic oxidation sites excluding steroid dienone is 3. The van der Waals surface area contributed by atoms with Gasteiger partial charge in [-0.2, -0.15) is 0 Å². The fourth-order valence-corrected chi connectivity index (χ4v) is 0.786. The summed E-state index contributed by atoms with van der Waals surface area (Å²) in [6.07, 6.45) is 3.64. The molecule has 54 valence electrons. The van der Waals surface area contributed by atoms with E-state index >= 15 is 0 Å². The molecule has 10 heavy (non-hydrogen) atoms. The van der Waals surface area contributed by atoms with E-state index in [0.29, 0.717) is 17.8 Å². The molecule has 0 saturated heterocycles. The number of carbonyl (C=O) groups is 1. The highest BCUT2D eigenvalue weighted by Crippen LogP contribution is 2.18. The first-order valence-electron chi connectivity index (χ1n) is 2.91. The number of carboxylic acids is 1. The van der Waals surface area contributed by atoms with Crippen LogP contribution in [0.15, 0.2) is 23.5 Å². The van der Waals surface area contributed by atoms with E-state index in [1.165, 1.54) is 7.11 Å². The summed E-state index contributed by atoms with van der Waals surface area (Å²) in [5, 5.41) is 8.47. The third-order valence-electron chi connectivity index (χ3n) is 1.37. The molecule has 0 fully saturated rings. The minimum absolute atomic E-state index is 0.386. The number of hydrogen-bond donors (Lipinski definition) is 1. The Morgan fingerprint density at radius 1 is 1.70 bits per heavy atom. The van der Waals surface area contributed by atoms with Crippen molar-refractivity contribution in [1.82, 2.24) is 0 Å². The van der Waals surface area contributed by atoms with E-state index in [2.05, 4.69) is 0 Å². The van der Waals surface area contributed by atoms with E-state index in [1.54, 1.807) is 12.2 Å². The van der Waals surface area contributed by atoms with Crippen molar-refractivity contribution in [2.24, 2.45) is 0 Å². The topological polar surface area (TPSA) is 46.5 Å². The maximum absolute atomic E-state index is 10.3. The first kappa shape index (κ1) is 6.86. The Morgan fingerprint density at radius 2 is 2.40 bits per heavy atom. The number of methoxy groups -OCH3 is 1. The summed E-state index contributed by atoms with van der Waals surface area (Å²) in [6.45, 7) is 0. The normalized spacial score (nSPS) is 16.1. The zero-order chi connectivity index (χ0) is 7.56. The molecular weight excluding hydrogens is 132 g/mol. The Kier molecular flexibility index (Phi) is 1.76. The molecular formula is C7H8O3. The highest BCUT2D eigenvalue weighted by Gasteiger charge is 2.13. The van der Waals surface area contributed by atoms with E-state index in [-0.39, 0.29) is 0 Å². The van der Waals surface area contributed by atoms with Crippen molar-refractivity contribution in [2.75, 3.05) is 7.11 Å². The number of aliphatic carboxylic acids is 1. The lowest BCUT2D eigenvalue weighted by Gasteiger charge is -1.98. The van der Waals surface area contributed by atoms with Gasteiger partial charge in [0.05, 0.1) is 7.11 Å². The lowest BCUT2D eigenvalue weighted by Crippen LogP contribution is -1.98. The van der Waals surface area contributed by atoms with Crippen LogP contribution in [0, 0.1) is 0 Å². The highest BCUT2D eigenvalue weighted by atomic mass is 16.5. The van der Waals surface area contributed by atoms with Crippen molar-refractivity contribution < 1.29 is 14.6 Å². The van der Waals surface area contributed by atoms with Gasteiger partial charge in [0.25, 0.3) is 0 Å². The molecule has 0 aromatic rings. The molecule has 3 nitrogen and oxygen atoms in total. The third-order valence-corrected chi connectivity index (χ3v) is 1.37. The summed E-state index contributed by atoms with van der Waals surface area (Å²) >= 11 is 0. The molecule has 1 aliphatic carbocycles. The molecule has 1 rings (SSSR count). The van der Waals surface area contributed by atoms with Crippen LogP contribution in [0.25, 0.3) is 0 Å². The van der Waals surface area contributed by atoms with Gasteiger partial charge in [0.15, 0.2) is 0 Å². The standard InChI is InChI=1S/C7H8O3/c1-10-6-3-2-5(4-6)7(8)9/h2-3H,4H2,1H3,(H,8,9). The average Bonchev–Trinajstić information content (AvgIpc) is 2.34. The Bertz CT molecular complexity index is 213. The Balaban J connectivity index is 2.56. The number of carboxylic acid groups (broad SMARTS) is 1. The van der Waals surface area contributed by atoms with Gasteiger partial charge < -0.3 is 9.84 Å². The molecule has 1 aliphatic rings. The monoisotopic (exact) mass is 140 g/mol. The maximum Gasteiger partial charge on any atom is 0.332 e. The average molecular weight is 140 g/mol. The second-order valence-corrected chi connectivity index (χ2v) is 2.01. The smallest absolute Gasteiger partial charge is 0.332 e. The Labute approximate surface area is 58.6 Å². The molecule has 0 atom stereocenters. The predicted molar refractivity (Wildman–Crippen MR) is 35.4 cm³/mol. The molecule has 0 aromatic heterocycles. The highest BCUT2D eigenvalue weighted by molar-refractivity contribution is 5.88. The molecule has 0 heterocycles. The molecule has 0 radical (unpaired) electrons. The summed E-state index contributed by atoms with van der Waals surface area (Å²) in [4.78, 5) is 10.3. The third kappa shape index (κ3) is 1.18. The molecule has 0 bridgehead atoms. The van der Waals surface area contributed by atoms with Crippen LogP contribution >= 0.6 is 0 Å². The van der Waals surface area contributed by atoms with Crippen LogP contribution in [0.1, 0.15) is 6.42 Å². The van der Waals surface area contributed by atoms with Crippen LogP contribution in [-0.4, -0.2) is 18.2 Å². The molecule has 3 heteroatoms. The zero-order valence-electron chi connectivity index (χ0n) is 5.63. The van der Waals surface area contributed by atoms with E-state index in [1.807, 2.05) is 0 Å².